The lowest BCUT2D eigenvalue weighted by Gasteiger charge is -2.28. The zero-order valence-electron chi connectivity index (χ0n) is 17.1. The van der Waals surface area contributed by atoms with Crippen LogP contribution in [0.1, 0.15) is 16.8 Å². The maximum atomic E-state index is 12.8. The molecule has 0 bridgehead atoms. The molecule has 1 aliphatic rings. The van der Waals surface area contributed by atoms with E-state index in [1.165, 1.54) is 0 Å². The Morgan fingerprint density at radius 3 is 2.77 bits per heavy atom. The van der Waals surface area contributed by atoms with Gasteiger partial charge in [0.15, 0.2) is 0 Å². The van der Waals surface area contributed by atoms with Gasteiger partial charge in [-0.2, -0.15) is 0 Å². The topological polar surface area (TPSA) is 71.1 Å². The maximum Gasteiger partial charge on any atom is 0.255 e. The lowest BCUT2D eigenvalue weighted by Crippen LogP contribution is -2.35. The first kappa shape index (κ1) is 19.7. The molecule has 7 heteroatoms. The number of ether oxygens (including phenoxy) is 1. The number of H-pyrrole nitrogens is 1. The van der Waals surface area contributed by atoms with Crippen molar-refractivity contribution >= 4 is 22.5 Å². The molecule has 0 amide bonds. The first-order chi connectivity index (χ1) is 15.1. The third-order valence-corrected chi connectivity index (χ3v) is 5.96. The highest BCUT2D eigenvalue weighted by Crippen LogP contribution is 2.27. The average molecular weight is 433 g/mol. The number of pyridine rings is 1. The molecule has 2 aromatic heterocycles. The summed E-state index contributed by atoms with van der Waals surface area (Å²) >= 11 is 6.47. The second-order valence-electron chi connectivity index (χ2n) is 7.66. The minimum absolute atomic E-state index is 0.0824. The molecule has 0 unspecified atom stereocenters. The molecule has 3 heterocycles. The highest BCUT2D eigenvalue weighted by Gasteiger charge is 2.22. The number of nitrogens with one attached hydrogen (secondary N) is 1. The van der Waals surface area contributed by atoms with Gasteiger partial charge >= 0.3 is 0 Å². The van der Waals surface area contributed by atoms with E-state index in [-0.39, 0.29) is 5.56 Å². The molecule has 5 rings (SSSR count). The van der Waals surface area contributed by atoms with Crippen molar-refractivity contribution in [3.8, 4) is 17.1 Å². The number of hydrogen-bond donors (Lipinski definition) is 1. The average Bonchev–Trinajstić information content (AvgIpc) is 2.80. The van der Waals surface area contributed by atoms with Crippen molar-refractivity contribution in [3.63, 3.8) is 0 Å². The van der Waals surface area contributed by atoms with Crippen molar-refractivity contribution in [3.05, 3.63) is 86.9 Å². The van der Waals surface area contributed by atoms with Crippen LogP contribution in [0.5, 0.6) is 5.75 Å². The molecule has 0 radical (unpaired) electrons. The number of hydrogen-bond acceptors (Lipinski definition) is 5. The first-order valence-corrected chi connectivity index (χ1v) is 10.5. The molecule has 0 aliphatic carbocycles. The van der Waals surface area contributed by atoms with Gasteiger partial charge < -0.3 is 9.72 Å². The Balaban J connectivity index is 1.41. The van der Waals surface area contributed by atoms with Gasteiger partial charge in [-0.05, 0) is 24.3 Å². The molecule has 0 spiro atoms. The van der Waals surface area contributed by atoms with Gasteiger partial charge in [0, 0.05) is 42.6 Å². The van der Waals surface area contributed by atoms with E-state index in [0.29, 0.717) is 30.5 Å². The minimum Gasteiger partial charge on any atom is -0.497 e. The third-order valence-electron chi connectivity index (χ3n) is 5.64. The Morgan fingerprint density at radius 2 is 1.97 bits per heavy atom. The summed E-state index contributed by atoms with van der Waals surface area (Å²) in [6, 6.07) is 17.5. The Labute approximate surface area is 184 Å². The summed E-state index contributed by atoms with van der Waals surface area (Å²) in [6.45, 7) is 1.93. The summed E-state index contributed by atoms with van der Waals surface area (Å²) in [6.07, 6.45) is 0.714. The zero-order chi connectivity index (χ0) is 21.4. The number of rotatable bonds is 4. The summed E-state index contributed by atoms with van der Waals surface area (Å²) < 4.78 is 5.32. The maximum absolute atomic E-state index is 12.8. The molecular weight excluding hydrogens is 412 g/mol. The van der Waals surface area contributed by atoms with E-state index < -0.39 is 0 Å². The van der Waals surface area contributed by atoms with E-state index in [4.69, 9.17) is 21.3 Å². The van der Waals surface area contributed by atoms with Gasteiger partial charge in [-0.25, -0.2) is 9.97 Å². The Morgan fingerprint density at radius 1 is 1.13 bits per heavy atom. The lowest BCUT2D eigenvalue weighted by molar-refractivity contribution is 0.242. The molecule has 2 aromatic carbocycles. The highest BCUT2D eigenvalue weighted by atomic mass is 35.5. The van der Waals surface area contributed by atoms with Gasteiger partial charge in [0.25, 0.3) is 5.56 Å². The van der Waals surface area contributed by atoms with E-state index in [2.05, 4.69) is 14.9 Å². The number of aromatic nitrogens is 3. The van der Waals surface area contributed by atoms with Crippen molar-refractivity contribution in [1.29, 1.82) is 0 Å². The summed E-state index contributed by atoms with van der Waals surface area (Å²) in [7, 11) is 1.64. The number of methoxy groups -OCH3 is 1. The van der Waals surface area contributed by atoms with Crippen LogP contribution in [-0.4, -0.2) is 33.5 Å². The van der Waals surface area contributed by atoms with Gasteiger partial charge in [-0.3, -0.25) is 9.69 Å². The van der Waals surface area contributed by atoms with E-state index in [1.807, 2.05) is 54.6 Å². The van der Waals surface area contributed by atoms with E-state index in [0.717, 1.165) is 45.6 Å². The molecule has 0 saturated heterocycles. The standard InChI is InChI=1S/C24H21ClN4O2/c1-31-18-7-8-20-16(12-18)11-17(22(25)26-20)13-29-10-9-21-19(14-29)24(30)28-23(27-21)15-5-3-2-4-6-15/h2-8,11-12H,9-10,13-14H2,1H3,(H,27,28,30). The molecule has 31 heavy (non-hydrogen) atoms. The van der Waals surface area contributed by atoms with Gasteiger partial charge in [0.05, 0.1) is 23.9 Å². The van der Waals surface area contributed by atoms with Crippen molar-refractivity contribution < 1.29 is 4.74 Å². The molecule has 1 N–H and O–H groups in total. The normalized spacial score (nSPS) is 13.9. The van der Waals surface area contributed by atoms with E-state index >= 15 is 0 Å². The quantitative estimate of drug-likeness (QED) is 0.489. The summed E-state index contributed by atoms with van der Waals surface area (Å²) in [5.74, 6) is 1.40. The number of nitrogens with zero attached hydrogens (tertiary/aromatic N) is 3. The highest BCUT2D eigenvalue weighted by molar-refractivity contribution is 6.30. The molecule has 0 fully saturated rings. The zero-order valence-corrected chi connectivity index (χ0v) is 17.8. The summed E-state index contributed by atoms with van der Waals surface area (Å²) in [5, 5.41) is 1.46. The van der Waals surface area contributed by atoms with Crippen LogP contribution < -0.4 is 10.3 Å². The Bertz CT molecular complexity index is 1320. The number of benzene rings is 2. The second-order valence-corrected chi connectivity index (χ2v) is 8.02. The van der Waals surface area contributed by atoms with Gasteiger partial charge in [-0.1, -0.05) is 41.9 Å². The van der Waals surface area contributed by atoms with Crippen molar-refractivity contribution in [2.24, 2.45) is 0 Å². The smallest absolute Gasteiger partial charge is 0.255 e. The summed E-state index contributed by atoms with van der Waals surface area (Å²) in [5.41, 5.74) is 4.17. The van der Waals surface area contributed by atoms with Crippen LogP contribution in [0.4, 0.5) is 0 Å². The van der Waals surface area contributed by atoms with E-state index in [9.17, 15) is 4.79 Å². The van der Waals surface area contributed by atoms with Gasteiger partial charge in [0.2, 0.25) is 0 Å². The largest absolute Gasteiger partial charge is 0.497 e. The van der Waals surface area contributed by atoms with Crippen LogP contribution in [0, 0.1) is 0 Å². The summed E-state index contributed by atoms with van der Waals surface area (Å²) in [4.78, 5) is 27.2. The monoisotopic (exact) mass is 432 g/mol. The molecule has 4 aromatic rings. The van der Waals surface area contributed by atoms with Crippen molar-refractivity contribution in [2.75, 3.05) is 13.7 Å². The number of aromatic amines is 1. The molecule has 1 aliphatic heterocycles. The number of fused-ring (bicyclic) bond motifs is 2. The van der Waals surface area contributed by atoms with Crippen LogP contribution in [0.3, 0.4) is 0 Å². The van der Waals surface area contributed by atoms with Crippen molar-refractivity contribution in [1.82, 2.24) is 19.9 Å². The molecule has 0 atom stereocenters. The van der Waals surface area contributed by atoms with Gasteiger partial charge in [-0.15, -0.1) is 0 Å². The molecule has 6 nitrogen and oxygen atoms in total. The number of halogens is 1. The lowest BCUT2D eigenvalue weighted by atomic mass is 10.1. The Hall–Kier alpha value is -3.22. The SMILES string of the molecule is COc1ccc2nc(Cl)c(CN3CCc4nc(-c5ccccc5)[nH]c(=O)c4C3)cc2c1. The molecule has 0 saturated carbocycles. The minimum atomic E-state index is -0.0824. The predicted molar refractivity (Wildman–Crippen MR) is 121 cm³/mol. The Kier molecular flexibility index (Phi) is 5.18. The van der Waals surface area contributed by atoms with Crippen LogP contribution in [0.15, 0.2) is 59.4 Å². The fourth-order valence-corrected chi connectivity index (χ4v) is 4.21. The predicted octanol–water partition coefficient (Wildman–Crippen LogP) is 4.21. The van der Waals surface area contributed by atoms with Crippen LogP contribution >= 0.6 is 11.6 Å². The second kappa shape index (κ2) is 8.13. The molecular formula is C24H21ClN4O2. The van der Waals surface area contributed by atoms with E-state index in [1.54, 1.807) is 7.11 Å². The molecule has 156 valence electrons. The third kappa shape index (κ3) is 3.92. The van der Waals surface area contributed by atoms with Crippen LogP contribution in [0.2, 0.25) is 5.15 Å². The van der Waals surface area contributed by atoms with Crippen molar-refractivity contribution in [2.45, 2.75) is 19.5 Å². The fraction of sp³-hybridized carbons (Fsp3) is 0.208. The van der Waals surface area contributed by atoms with Crippen LogP contribution in [0.25, 0.3) is 22.3 Å². The van der Waals surface area contributed by atoms with Gasteiger partial charge in [0.1, 0.15) is 16.7 Å². The first-order valence-electron chi connectivity index (χ1n) is 10.1. The van der Waals surface area contributed by atoms with Crippen LogP contribution in [-0.2, 0) is 19.5 Å². The fourth-order valence-electron chi connectivity index (χ4n) is 4.00.